The second-order valence-electron chi connectivity index (χ2n) is 7.06. The van der Waals surface area contributed by atoms with Crippen LogP contribution in [-0.2, 0) is 0 Å². The van der Waals surface area contributed by atoms with Crippen LogP contribution in [0, 0.1) is 17.0 Å². The van der Waals surface area contributed by atoms with Crippen molar-refractivity contribution in [3.8, 4) is 5.75 Å². The fourth-order valence-electron chi connectivity index (χ4n) is 3.78. The zero-order chi connectivity index (χ0) is 20.1. The quantitative estimate of drug-likeness (QED) is 0.427. The third-order valence-corrected chi connectivity index (χ3v) is 5.40. The summed E-state index contributed by atoms with van der Waals surface area (Å²) in [6.07, 6.45) is 0.135. The number of hydrogen-bond donors (Lipinski definition) is 0. The average molecular weight is 410 g/mol. The van der Waals surface area contributed by atoms with Gasteiger partial charge >= 0.3 is 0 Å². The van der Waals surface area contributed by atoms with E-state index in [2.05, 4.69) is 0 Å². The molecule has 0 N–H and O–H groups in total. The predicted octanol–water partition coefficient (Wildman–Crippen LogP) is 5.39. The number of nitro benzene ring substituents is 1. The van der Waals surface area contributed by atoms with Crippen molar-refractivity contribution in [3.05, 3.63) is 92.4 Å². The summed E-state index contributed by atoms with van der Waals surface area (Å²) < 4.78 is 12.0. The molecule has 7 nitrogen and oxygen atoms in total. The van der Waals surface area contributed by atoms with Gasteiger partial charge in [-0.15, -0.1) is 0 Å². The van der Waals surface area contributed by atoms with Crippen LogP contribution in [0.3, 0.4) is 0 Å². The van der Waals surface area contributed by atoms with E-state index in [1.165, 1.54) is 12.1 Å². The first kappa shape index (κ1) is 17.8. The molecule has 0 aliphatic carbocycles. The number of furan rings is 1. The highest BCUT2D eigenvalue weighted by atomic mass is 35.5. The van der Waals surface area contributed by atoms with Crippen LogP contribution < -0.4 is 4.74 Å². The molecule has 146 valence electrons. The predicted molar refractivity (Wildman–Crippen MR) is 107 cm³/mol. The molecule has 2 atom stereocenters. The molecule has 0 amide bonds. The van der Waals surface area contributed by atoms with Crippen LogP contribution in [0.2, 0.25) is 5.02 Å². The average Bonchev–Trinajstić information content (AvgIpc) is 3.34. The standard InChI is InChI=1S/C21H16ClN3O4/c1-12-2-8-20(28-12)17-11-18-16-10-14(22)5-9-19(16)29-21(24(18)23-17)13-3-6-15(7-4-13)25(26)27/h2-10,18,21H,11H2,1H3/t18-,21-/m1/s1. The summed E-state index contributed by atoms with van der Waals surface area (Å²) in [4.78, 5) is 10.6. The van der Waals surface area contributed by atoms with Gasteiger partial charge in [-0.05, 0) is 49.4 Å². The van der Waals surface area contributed by atoms with Gasteiger partial charge in [-0.1, -0.05) is 11.6 Å². The Bertz CT molecular complexity index is 1140. The minimum Gasteiger partial charge on any atom is -0.464 e. The Hall–Kier alpha value is -3.32. The molecule has 1 aromatic heterocycles. The molecule has 3 heterocycles. The number of aryl methyl sites for hydroxylation is 1. The summed E-state index contributed by atoms with van der Waals surface area (Å²) in [7, 11) is 0. The van der Waals surface area contributed by atoms with Crippen LogP contribution in [0.1, 0.15) is 41.3 Å². The largest absolute Gasteiger partial charge is 0.464 e. The molecular weight excluding hydrogens is 394 g/mol. The van der Waals surface area contributed by atoms with Gasteiger partial charge in [0.2, 0.25) is 6.23 Å². The molecular formula is C21H16ClN3O4. The second kappa shape index (κ2) is 6.63. The zero-order valence-corrected chi connectivity index (χ0v) is 16.2. The molecule has 0 unspecified atom stereocenters. The van der Waals surface area contributed by atoms with E-state index in [-0.39, 0.29) is 11.7 Å². The molecule has 0 radical (unpaired) electrons. The third-order valence-electron chi connectivity index (χ3n) is 5.17. The van der Waals surface area contributed by atoms with Crippen molar-refractivity contribution in [1.29, 1.82) is 0 Å². The van der Waals surface area contributed by atoms with Crippen LogP contribution >= 0.6 is 11.6 Å². The molecule has 2 aromatic carbocycles. The highest BCUT2D eigenvalue weighted by Gasteiger charge is 2.41. The number of nitrogens with zero attached hydrogens (tertiary/aromatic N) is 3. The first-order valence-electron chi connectivity index (χ1n) is 9.13. The van der Waals surface area contributed by atoms with Crippen LogP contribution in [0.25, 0.3) is 0 Å². The number of benzene rings is 2. The number of rotatable bonds is 3. The minimum atomic E-state index is -0.511. The molecule has 8 heteroatoms. The number of ether oxygens (including phenoxy) is 1. The van der Waals surface area contributed by atoms with Crippen molar-refractivity contribution >= 4 is 23.0 Å². The monoisotopic (exact) mass is 409 g/mol. The van der Waals surface area contributed by atoms with Crippen LogP contribution in [0.4, 0.5) is 5.69 Å². The first-order chi connectivity index (χ1) is 14.0. The number of halogens is 1. The van der Waals surface area contributed by atoms with Crippen molar-refractivity contribution < 1.29 is 14.1 Å². The summed E-state index contributed by atoms with van der Waals surface area (Å²) in [5, 5.41) is 18.3. The number of nitro groups is 1. The summed E-state index contributed by atoms with van der Waals surface area (Å²) >= 11 is 6.23. The summed E-state index contributed by atoms with van der Waals surface area (Å²) in [5.41, 5.74) is 2.59. The van der Waals surface area contributed by atoms with Crippen molar-refractivity contribution in [1.82, 2.24) is 5.01 Å². The molecule has 3 aromatic rings. The molecule has 29 heavy (non-hydrogen) atoms. The minimum absolute atomic E-state index is 0.0324. The van der Waals surface area contributed by atoms with Gasteiger partial charge in [0.05, 0.1) is 11.0 Å². The number of hydrogen-bond acceptors (Lipinski definition) is 6. The van der Waals surface area contributed by atoms with E-state index in [4.69, 9.17) is 25.9 Å². The molecule has 0 spiro atoms. The highest BCUT2D eigenvalue weighted by Crippen LogP contribution is 2.48. The van der Waals surface area contributed by atoms with Gasteiger partial charge in [0, 0.05) is 34.7 Å². The van der Waals surface area contributed by atoms with Gasteiger partial charge in [0.15, 0.2) is 0 Å². The number of fused-ring (bicyclic) bond motifs is 3. The summed E-state index contributed by atoms with van der Waals surface area (Å²) in [6, 6.07) is 15.6. The van der Waals surface area contributed by atoms with Gasteiger partial charge in [0.25, 0.3) is 5.69 Å². The maximum Gasteiger partial charge on any atom is 0.269 e. The maximum atomic E-state index is 11.0. The molecule has 0 bridgehead atoms. The van der Waals surface area contributed by atoms with Gasteiger partial charge < -0.3 is 9.15 Å². The molecule has 2 aliphatic rings. The van der Waals surface area contributed by atoms with Crippen LogP contribution in [0.15, 0.2) is 64.1 Å². The third kappa shape index (κ3) is 3.03. The Morgan fingerprint density at radius 3 is 2.66 bits per heavy atom. The lowest BCUT2D eigenvalue weighted by Crippen LogP contribution is -2.33. The molecule has 0 saturated carbocycles. The van der Waals surface area contributed by atoms with Gasteiger partial charge in [-0.2, -0.15) is 5.10 Å². The Balaban J connectivity index is 1.58. The summed E-state index contributed by atoms with van der Waals surface area (Å²) in [6.45, 7) is 1.89. The Morgan fingerprint density at radius 2 is 1.97 bits per heavy atom. The topological polar surface area (TPSA) is 81.1 Å². The normalized spacial score (nSPS) is 19.9. The molecule has 2 aliphatic heterocycles. The van der Waals surface area contributed by atoms with Crippen LogP contribution in [-0.4, -0.2) is 15.6 Å². The van der Waals surface area contributed by atoms with Crippen molar-refractivity contribution in [2.45, 2.75) is 25.6 Å². The lowest BCUT2D eigenvalue weighted by molar-refractivity contribution is -0.384. The van der Waals surface area contributed by atoms with E-state index in [1.807, 2.05) is 36.2 Å². The first-order valence-corrected chi connectivity index (χ1v) is 9.50. The molecule has 5 rings (SSSR count). The van der Waals surface area contributed by atoms with E-state index in [9.17, 15) is 10.1 Å². The SMILES string of the molecule is Cc1ccc(C2=NN3[C@H](C2)c2cc(Cl)ccc2O[C@@H]3c2ccc([N+](=O)[O-])cc2)o1. The van der Waals surface area contributed by atoms with Crippen molar-refractivity contribution in [2.24, 2.45) is 5.10 Å². The van der Waals surface area contributed by atoms with E-state index < -0.39 is 11.2 Å². The van der Waals surface area contributed by atoms with Gasteiger partial charge in [0.1, 0.15) is 23.0 Å². The Kier molecular flexibility index (Phi) is 4.06. The van der Waals surface area contributed by atoms with E-state index in [0.29, 0.717) is 11.4 Å². The summed E-state index contributed by atoms with van der Waals surface area (Å²) in [5.74, 6) is 2.27. The molecule has 0 saturated heterocycles. The van der Waals surface area contributed by atoms with Gasteiger partial charge in [-0.25, -0.2) is 5.01 Å². The Morgan fingerprint density at radius 1 is 1.17 bits per heavy atom. The van der Waals surface area contributed by atoms with Gasteiger partial charge in [-0.3, -0.25) is 10.1 Å². The fraction of sp³-hybridized carbons (Fsp3) is 0.190. The zero-order valence-electron chi connectivity index (χ0n) is 15.4. The smallest absolute Gasteiger partial charge is 0.269 e. The Labute approximate surface area is 171 Å². The van der Waals surface area contributed by atoms with E-state index in [0.717, 1.165) is 34.1 Å². The maximum absolute atomic E-state index is 11.0. The lowest BCUT2D eigenvalue weighted by Gasteiger charge is -2.38. The number of non-ortho nitro benzene ring substituents is 1. The van der Waals surface area contributed by atoms with Crippen molar-refractivity contribution in [3.63, 3.8) is 0 Å². The fourth-order valence-corrected chi connectivity index (χ4v) is 3.96. The van der Waals surface area contributed by atoms with Crippen molar-refractivity contribution in [2.75, 3.05) is 0 Å². The molecule has 0 fully saturated rings. The van der Waals surface area contributed by atoms with Crippen LogP contribution in [0.5, 0.6) is 5.75 Å². The number of hydrazone groups is 1. The van der Waals surface area contributed by atoms with E-state index in [1.54, 1.807) is 18.2 Å². The van der Waals surface area contributed by atoms with E-state index >= 15 is 0 Å². The lowest BCUT2D eigenvalue weighted by atomic mass is 9.97. The highest BCUT2D eigenvalue weighted by molar-refractivity contribution is 6.30. The second-order valence-corrected chi connectivity index (χ2v) is 7.49.